The summed E-state index contributed by atoms with van der Waals surface area (Å²) >= 11 is 0. The number of carbonyl (C=O) groups is 1. The van der Waals surface area contributed by atoms with Gasteiger partial charge in [-0.3, -0.25) is 4.79 Å². The van der Waals surface area contributed by atoms with Crippen LogP contribution >= 0.6 is 0 Å². The fraction of sp³-hybridized carbons (Fsp3) is 0.167. The van der Waals surface area contributed by atoms with Crippen molar-refractivity contribution in [3.8, 4) is 5.82 Å². The fourth-order valence-corrected chi connectivity index (χ4v) is 3.22. The number of anilines is 3. The predicted octanol–water partition coefficient (Wildman–Crippen LogP) is 4.51. The maximum atomic E-state index is 12.2. The van der Waals surface area contributed by atoms with Crippen molar-refractivity contribution in [1.29, 1.82) is 0 Å². The minimum absolute atomic E-state index is 0.0484. The van der Waals surface area contributed by atoms with Crippen molar-refractivity contribution in [2.75, 3.05) is 10.6 Å². The third kappa shape index (κ3) is 4.78. The van der Waals surface area contributed by atoms with Crippen molar-refractivity contribution in [2.24, 2.45) is 0 Å². The molecule has 2 heterocycles. The lowest BCUT2D eigenvalue weighted by molar-refractivity contribution is -0.115. The van der Waals surface area contributed by atoms with E-state index in [-0.39, 0.29) is 5.91 Å². The molecule has 0 atom stereocenters. The van der Waals surface area contributed by atoms with E-state index in [1.165, 1.54) is 0 Å². The van der Waals surface area contributed by atoms with Gasteiger partial charge in [-0.15, -0.1) is 10.2 Å². The number of aromatic nitrogens is 4. The first-order chi connectivity index (χ1) is 15.0. The quantitative estimate of drug-likeness (QED) is 0.487. The Labute approximate surface area is 181 Å². The SMILES string of the molecule is Cc1nn(-c2ccc(Nc3ccc(NC(=O)Cc4ccccc4)cc3)nn2)c(C)c1C. The Morgan fingerprint density at radius 1 is 0.871 bits per heavy atom. The van der Waals surface area contributed by atoms with Crippen molar-refractivity contribution in [1.82, 2.24) is 20.0 Å². The Morgan fingerprint density at radius 2 is 1.58 bits per heavy atom. The van der Waals surface area contributed by atoms with Crippen LogP contribution in [0.5, 0.6) is 0 Å². The number of hydrogen-bond acceptors (Lipinski definition) is 5. The van der Waals surface area contributed by atoms with Crippen molar-refractivity contribution in [2.45, 2.75) is 27.2 Å². The molecule has 2 aromatic carbocycles. The van der Waals surface area contributed by atoms with Crippen LogP contribution in [0.3, 0.4) is 0 Å². The van der Waals surface area contributed by atoms with Gasteiger partial charge in [0.1, 0.15) is 0 Å². The largest absolute Gasteiger partial charge is 0.339 e. The van der Waals surface area contributed by atoms with Crippen molar-refractivity contribution >= 4 is 23.1 Å². The molecule has 0 aliphatic carbocycles. The van der Waals surface area contributed by atoms with Gasteiger partial charge < -0.3 is 10.6 Å². The zero-order valence-corrected chi connectivity index (χ0v) is 17.8. The Morgan fingerprint density at radius 3 is 2.19 bits per heavy atom. The van der Waals surface area contributed by atoms with E-state index in [2.05, 4.69) is 25.9 Å². The third-order valence-corrected chi connectivity index (χ3v) is 5.17. The molecule has 0 aliphatic heterocycles. The van der Waals surface area contributed by atoms with Crippen molar-refractivity contribution < 1.29 is 4.79 Å². The highest BCUT2D eigenvalue weighted by atomic mass is 16.1. The first kappa shape index (κ1) is 20.3. The molecule has 0 saturated carbocycles. The van der Waals surface area contributed by atoms with Crippen molar-refractivity contribution in [3.05, 3.63) is 89.2 Å². The Bertz CT molecular complexity index is 1180. The van der Waals surface area contributed by atoms with Gasteiger partial charge in [0, 0.05) is 17.1 Å². The van der Waals surface area contributed by atoms with E-state index in [0.717, 1.165) is 33.9 Å². The fourth-order valence-electron chi connectivity index (χ4n) is 3.22. The molecule has 4 rings (SSSR count). The van der Waals surface area contributed by atoms with E-state index in [1.54, 1.807) is 4.68 Å². The highest BCUT2D eigenvalue weighted by Gasteiger charge is 2.10. The molecule has 31 heavy (non-hydrogen) atoms. The summed E-state index contributed by atoms with van der Waals surface area (Å²) in [7, 11) is 0. The van der Waals surface area contributed by atoms with Gasteiger partial charge in [0.05, 0.1) is 12.1 Å². The summed E-state index contributed by atoms with van der Waals surface area (Å²) < 4.78 is 1.80. The summed E-state index contributed by atoms with van der Waals surface area (Å²) in [6, 6.07) is 20.9. The molecule has 0 bridgehead atoms. The first-order valence-electron chi connectivity index (χ1n) is 10.1. The average Bonchev–Trinajstić information content (AvgIpc) is 3.03. The first-order valence-corrected chi connectivity index (χ1v) is 10.1. The molecule has 0 radical (unpaired) electrons. The van der Waals surface area contributed by atoms with Crippen LogP contribution in [0.4, 0.5) is 17.2 Å². The smallest absolute Gasteiger partial charge is 0.228 e. The molecular weight excluding hydrogens is 388 g/mol. The van der Waals surface area contributed by atoms with Crippen LogP contribution in [-0.2, 0) is 11.2 Å². The number of amides is 1. The number of nitrogens with one attached hydrogen (secondary N) is 2. The molecule has 7 heteroatoms. The lowest BCUT2D eigenvalue weighted by Crippen LogP contribution is -2.14. The van der Waals surface area contributed by atoms with Crippen LogP contribution in [0, 0.1) is 20.8 Å². The number of rotatable bonds is 6. The van der Waals surface area contributed by atoms with E-state index in [9.17, 15) is 4.79 Å². The van der Waals surface area contributed by atoms with Crippen LogP contribution < -0.4 is 10.6 Å². The van der Waals surface area contributed by atoms with Gasteiger partial charge in [-0.25, -0.2) is 4.68 Å². The monoisotopic (exact) mass is 412 g/mol. The lowest BCUT2D eigenvalue weighted by atomic mass is 10.1. The summed E-state index contributed by atoms with van der Waals surface area (Å²) in [6.07, 6.45) is 0.345. The molecule has 2 aromatic heterocycles. The predicted molar refractivity (Wildman–Crippen MR) is 122 cm³/mol. The summed E-state index contributed by atoms with van der Waals surface area (Å²) in [6.45, 7) is 6.05. The van der Waals surface area contributed by atoms with Gasteiger partial charge in [-0.05, 0) is 68.3 Å². The number of benzene rings is 2. The van der Waals surface area contributed by atoms with Crippen LogP contribution in [0.25, 0.3) is 5.82 Å². The third-order valence-electron chi connectivity index (χ3n) is 5.17. The zero-order valence-electron chi connectivity index (χ0n) is 17.8. The topological polar surface area (TPSA) is 84.7 Å². The van der Waals surface area contributed by atoms with Gasteiger partial charge in [-0.2, -0.15) is 5.10 Å². The van der Waals surface area contributed by atoms with Gasteiger partial charge in [0.15, 0.2) is 11.6 Å². The van der Waals surface area contributed by atoms with Crippen LogP contribution in [-0.4, -0.2) is 25.9 Å². The van der Waals surface area contributed by atoms with E-state index in [0.29, 0.717) is 18.1 Å². The van der Waals surface area contributed by atoms with Crippen molar-refractivity contribution in [3.63, 3.8) is 0 Å². The average molecular weight is 412 g/mol. The minimum atomic E-state index is -0.0484. The molecule has 0 unspecified atom stereocenters. The van der Waals surface area contributed by atoms with Gasteiger partial charge in [0.2, 0.25) is 5.91 Å². The normalized spacial score (nSPS) is 10.7. The van der Waals surface area contributed by atoms with Crippen LogP contribution in [0.2, 0.25) is 0 Å². The Kier molecular flexibility index (Phi) is 5.75. The van der Waals surface area contributed by atoms with Crippen LogP contribution in [0.1, 0.15) is 22.5 Å². The summed E-state index contributed by atoms with van der Waals surface area (Å²) in [5.74, 6) is 1.26. The van der Waals surface area contributed by atoms with Gasteiger partial charge in [-0.1, -0.05) is 30.3 Å². The van der Waals surface area contributed by atoms with Crippen LogP contribution in [0.15, 0.2) is 66.7 Å². The van der Waals surface area contributed by atoms with E-state index >= 15 is 0 Å². The second-order valence-electron chi connectivity index (χ2n) is 7.40. The molecule has 156 valence electrons. The summed E-state index contributed by atoms with van der Waals surface area (Å²) in [4.78, 5) is 12.2. The van der Waals surface area contributed by atoms with Gasteiger partial charge in [0.25, 0.3) is 0 Å². The van der Waals surface area contributed by atoms with E-state index in [4.69, 9.17) is 0 Å². The zero-order chi connectivity index (χ0) is 21.8. The van der Waals surface area contributed by atoms with Gasteiger partial charge >= 0.3 is 0 Å². The summed E-state index contributed by atoms with van der Waals surface area (Å²) in [5.41, 5.74) is 5.77. The number of nitrogens with zero attached hydrogens (tertiary/aromatic N) is 4. The molecule has 0 saturated heterocycles. The Hall–Kier alpha value is -4.00. The number of carbonyl (C=O) groups excluding carboxylic acids is 1. The number of hydrogen-bond donors (Lipinski definition) is 2. The highest BCUT2D eigenvalue weighted by Crippen LogP contribution is 2.19. The summed E-state index contributed by atoms with van der Waals surface area (Å²) in [5, 5.41) is 19.2. The molecule has 7 nitrogen and oxygen atoms in total. The van der Waals surface area contributed by atoms with E-state index in [1.807, 2.05) is 87.5 Å². The second-order valence-corrected chi connectivity index (χ2v) is 7.40. The lowest BCUT2D eigenvalue weighted by Gasteiger charge is -2.09. The maximum absolute atomic E-state index is 12.2. The molecule has 4 aromatic rings. The minimum Gasteiger partial charge on any atom is -0.339 e. The second kappa shape index (κ2) is 8.79. The standard InChI is InChI=1S/C24H24N6O/c1-16-17(2)29-30(18(16)3)23-14-13-22(27-28-23)25-20-9-11-21(12-10-20)26-24(31)15-19-7-5-4-6-8-19/h4-14H,15H2,1-3H3,(H,25,27)(H,26,31). The molecule has 0 spiro atoms. The molecule has 1 amide bonds. The molecule has 0 fully saturated rings. The molecule has 2 N–H and O–H groups in total. The molecular formula is C24H24N6O. The highest BCUT2D eigenvalue weighted by molar-refractivity contribution is 5.92. The van der Waals surface area contributed by atoms with E-state index < -0.39 is 0 Å². The Balaban J connectivity index is 1.37. The number of aryl methyl sites for hydroxylation is 1. The maximum Gasteiger partial charge on any atom is 0.228 e. The molecule has 0 aliphatic rings.